The molecule has 1 amide bonds. The molecular formula is C17H26FN3O. The number of likely N-dealkylation sites (N-methyl/N-ethyl adjacent to an activating group) is 2. The lowest BCUT2D eigenvalue weighted by Crippen LogP contribution is -2.37. The molecule has 5 heteroatoms. The summed E-state index contributed by atoms with van der Waals surface area (Å²) in [6, 6.07) is 7.07. The number of halogens is 1. The zero-order valence-corrected chi connectivity index (χ0v) is 13.5. The largest absolute Gasteiger partial charge is 0.356 e. The molecule has 0 bridgehead atoms. The summed E-state index contributed by atoms with van der Waals surface area (Å²) in [4.78, 5) is 16.5. The van der Waals surface area contributed by atoms with Gasteiger partial charge in [-0.15, -0.1) is 0 Å². The predicted molar refractivity (Wildman–Crippen MR) is 86.3 cm³/mol. The molecule has 1 atom stereocenters. The summed E-state index contributed by atoms with van der Waals surface area (Å²) in [7, 11) is 4.22. The van der Waals surface area contributed by atoms with Crippen LogP contribution >= 0.6 is 0 Å². The van der Waals surface area contributed by atoms with E-state index in [1.165, 1.54) is 18.6 Å². The fourth-order valence-corrected chi connectivity index (χ4v) is 2.86. The van der Waals surface area contributed by atoms with Crippen molar-refractivity contribution in [2.24, 2.45) is 0 Å². The highest BCUT2D eigenvalue weighted by Gasteiger charge is 2.23. The Kier molecular flexibility index (Phi) is 6.34. The third-order valence-electron chi connectivity index (χ3n) is 4.31. The van der Waals surface area contributed by atoms with Crippen molar-refractivity contribution in [2.75, 3.05) is 40.3 Å². The first-order valence-corrected chi connectivity index (χ1v) is 7.94. The second-order valence-corrected chi connectivity index (χ2v) is 6.17. The molecule has 1 aromatic rings. The maximum absolute atomic E-state index is 13.0. The van der Waals surface area contributed by atoms with Crippen molar-refractivity contribution >= 4 is 5.91 Å². The number of amides is 1. The molecule has 0 unspecified atom stereocenters. The van der Waals surface area contributed by atoms with Crippen LogP contribution in [0.2, 0.25) is 0 Å². The summed E-state index contributed by atoms with van der Waals surface area (Å²) in [5, 5.41) is 2.91. The molecule has 0 aliphatic carbocycles. The molecule has 0 aromatic heterocycles. The fourth-order valence-electron chi connectivity index (χ4n) is 2.86. The van der Waals surface area contributed by atoms with Crippen LogP contribution in [-0.4, -0.2) is 62.0 Å². The third-order valence-corrected chi connectivity index (χ3v) is 4.31. The highest BCUT2D eigenvalue weighted by Crippen LogP contribution is 2.12. The maximum Gasteiger partial charge on any atom is 0.221 e. The predicted octanol–water partition coefficient (Wildman–Crippen LogP) is 1.51. The van der Waals surface area contributed by atoms with Gasteiger partial charge in [-0.1, -0.05) is 12.1 Å². The first-order chi connectivity index (χ1) is 10.5. The lowest BCUT2D eigenvalue weighted by molar-refractivity contribution is -0.121. The number of nitrogens with one attached hydrogen (secondary N) is 1. The van der Waals surface area contributed by atoms with Crippen LogP contribution in [0.15, 0.2) is 24.3 Å². The minimum atomic E-state index is -0.230. The Hall–Kier alpha value is -1.46. The summed E-state index contributed by atoms with van der Waals surface area (Å²) < 4.78 is 13.0. The molecule has 1 aliphatic rings. The first kappa shape index (κ1) is 16.9. The summed E-state index contributed by atoms with van der Waals surface area (Å²) >= 11 is 0. The molecular weight excluding hydrogens is 281 g/mol. The van der Waals surface area contributed by atoms with Crippen molar-refractivity contribution < 1.29 is 9.18 Å². The van der Waals surface area contributed by atoms with Gasteiger partial charge in [-0.05, 0) is 51.2 Å². The average Bonchev–Trinajstić information content (AvgIpc) is 2.91. The minimum absolute atomic E-state index is 0.0644. The SMILES string of the molecule is CN1CC[C@H](N(C)CCC(=O)NCCc2cccc(F)c2)C1. The molecule has 1 fully saturated rings. The summed E-state index contributed by atoms with van der Waals surface area (Å²) in [5.74, 6) is -0.165. The highest BCUT2D eigenvalue weighted by atomic mass is 19.1. The van der Waals surface area contributed by atoms with Gasteiger partial charge in [0, 0.05) is 32.1 Å². The van der Waals surface area contributed by atoms with Gasteiger partial charge in [-0.2, -0.15) is 0 Å². The Morgan fingerprint density at radius 3 is 3.00 bits per heavy atom. The van der Waals surface area contributed by atoms with Gasteiger partial charge in [0.05, 0.1) is 0 Å². The summed E-state index contributed by atoms with van der Waals surface area (Å²) in [6.07, 6.45) is 2.35. The molecule has 0 radical (unpaired) electrons. The van der Waals surface area contributed by atoms with Crippen LogP contribution in [0, 0.1) is 5.82 Å². The zero-order valence-electron chi connectivity index (χ0n) is 13.5. The van der Waals surface area contributed by atoms with E-state index in [1.807, 2.05) is 6.07 Å². The van der Waals surface area contributed by atoms with Gasteiger partial charge in [-0.3, -0.25) is 4.79 Å². The Labute approximate surface area is 132 Å². The zero-order chi connectivity index (χ0) is 15.9. The van der Waals surface area contributed by atoms with Gasteiger partial charge >= 0.3 is 0 Å². The van der Waals surface area contributed by atoms with Gasteiger partial charge in [0.1, 0.15) is 5.82 Å². The normalized spacial score (nSPS) is 18.8. The van der Waals surface area contributed by atoms with E-state index in [-0.39, 0.29) is 11.7 Å². The van der Waals surface area contributed by atoms with Crippen LogP contribution in [0.25, 0.3) is 0 Å². The highest BCUT2D eigenvalue weighted by molar-refractivity contribution is 5.76. The maximum atomic E-state index is 13.0. The second-order valence-electron chi connectivity index (χ2n) is 6.17. The number of rotatable bonds is 7. The number of carbonyl (C=O) groups excluding carboxylic acids is 1. The lowest BCUT2D eigenvalue weighted by Gasteiger charge is -2.23. The van der Waals surface area contributed by atoms with Crippen LogP contribution < -0.4 is 5.32 Å². The molecule has 1 N–H and O–H groups in total. The number of carbonyl (C=O) groups is 1. The molecule has 0 saturated carbocycles. The third kappa shape index (κ3) is 5.39. The Balaban J connectivity index is 1.61. The number of hydrogen-bond donors (Lipinski definition) is 1. The van der Waals surface area contributed by atoms with Crippen LogP contribution in [0.4, 0.5) is 4.39 Å². The summed E-state index contributed by atoms with van der Waals surface area (Å²) in [6.45, 7) is 3.55. The Morgan fingerprint density at radius 1 is 1.50 bits per heavy atom. The molecule has 22 heavy (non-hydrogen) atoms. The average molecular weight is 307 g/mol. The monoisotopic (exact) mass is 307 g/mol. The van der Waals surface area contributed by atoms with Crippen LogP contribution in [-0.2, 0) is 11.2 Å². The van der Waals surface area contributed by atoms with Gasteiger partial charge in [0.25, 0.3) is 0 Å². The van der Waals surface area contributed by atoms with Crippen molar-refractivity contribution in [3.8, 4) is 0 Å². The molecule has 122 valence electrons. The van der Waals surface area contributed by atoms with Gasteiger partial charge < -0.3 is 15.1 Å². The van der Waals surface area contributed by atoms with E-state index in [4.69, 9.17) is 0 Å². The van der Waals surface area contributed by atoms with Crippen molar-refractivity contribution in [1.29, 1.82) is 0 Å². The van der Waals surface area contributed by atoms with E-state index in [2.05, 4.69) is 29.2 Å². The van der Waals surface area contributed by atoms with Gasteiger partial charge in [0.2, 0.25) is 5.91 Å². The number of benzene rings is 1. The van der Waals surface area contributed by atoms with Crippen LogP contribution in [0.3, 0.4) is 0 Å². The van der Waals surface area contributed by atoms with Crippen LogP contribution in [0.5, 0.6) is 0 Å². The molecule has 4 nitrogen and oxygen atoms in total. The smallest absolute Gasteiger partial charge is 0.221 e. The van der Waals surface area contributed by atoms with Crippen molar-refractivity contribution in [3.05, 3.63) is 35.6 Å². The van der Waals surface area contributed by atoms with Crippen molar-refractivity contribution in [1.82, 2.24) is 15.1 Å². The summed E-state index contributed by atoms with van der Waals surface area (Å²) in [5.41, 5.74) is 0.909. The lowest BCUT2D eigenvalue weighted by atomic mass is 10.1. The molecule has 2 rings (SSSR count). The number of likely N-dealkylation sites (tertiary alicyclic amines) is 1. The van der Waals surface area contributed by atoms with E-state index in [0.29, 0.717) is 25.4 Å². The topological polar surface area (TPSA) is 35.6 Å². The van der Waals surface area contributed by atoms with Gasteiger partial charge in [-0.25, -0.2) is 4.39 Å². The fraction of sp³-hybridized carbons (Fsp3) is 0.588. The molecule has 0 spiro atoms. The molecule has 1 heterocycles. The van der Waals surface area contributed by atoms with E-state index < -0.39 is 0 Å². The van der Waals surface area contributed by atoms with Crippen molar-refractivity contribution in [2.45, 2.75) is 25.3 Å². The van der Waals surface area contributed by atoms with E-state index in [9.17, 15) is 9.18 Å². The quantitative estimate of drug-likeness (QED) is 0.829. The van der Waals surface area contributed by atoms with E-state index in [0.717, 1.165) is 25.2 Å². The number of hydrogen-bond acceptors (Lipinski definition) is 3. The number of nitrogens with zero attached hydrogens (tertiary/aromatic N) is 2. The molecule has 1 saturated heterocycles. The van der Waals surface area contributed by atoms with Gasteiger partial charge in [0.15, 0.2) is 0 Å². The molecule has 1 aromatic carbocycles. The van der Waals surface area contributed by atoms with E-state index in [1.54, 1.807) is 6.07 Å². The van der Waals surface area contributed by atoms with Crippen LogP contribution in [0.1, 0.15) is 18.4 Å². The standard InChI is InChI=1S/C17H26FN3O/c1-20-10-7-16(13-20)21(2)11-8-17(22)19-9-6-14-4-3-5-15(18)12-14/h3-5,12,16H,6-11,13H2,1-2H3,(H,19,22)/t16-/m0/s1. The second kappa shape index (κ2) is 8.25. The van der Waals surface area contributed by atoms with Crippen molar-refractivity contribution in [3.63, 3.8) is 0 Å². The Morgan fingerprint density at radius 2 is 2.32 bits per heavy atom. The molecule has 1 aliphatic heterocycles. The van der Waals surface area contributed by atoms with E-state index >= 15 is 0 Å². The first-order valence-electron chi connectivity index (χ1n) is 7.94. The Bertz CT molecular complexity index is 495. The minimum Gasteiger partial charge on any atom is -0.356 e.